The van der Waals surface area contributed by atoms with E-state index in [2.05, 4.69) is 78.7 Å². The van der Waals surface area contributed by atoms with E-state index >= 15 is 0 Å². The van der Waals surface area contributed by atoms with Crippen molar-refractivity contribution in [3.8, 4) is 0 Å². The molecule has 5 nitrogen and oxygen atoms in total. The minimum atomic E-state index is -0.807. The summed E-state index contributed by atoms with van der Waals surface area (Å²) in [6.07, 6.45) is 6.18. The van der Waals surface area contributed by atoms with Crippen molar-refractivity contribution in [2.24, 2.45) is 28.6 Å². The largest absolute Gasteiger partial charge is 0.393 e. The summed E-state index contributed by atoms with van der Waals surface area (Å²) in [6.45, 7) is 24.2. The van der Waals surface area contributed by atoms with E-state index in [1.807, 2.05) is 6.92 Å². The lowest BCUT2D eigenvalue weighted by Gasteiger charge is -2.64. The summed E-state index contributed by atoms with van der Waals surface area (Å²) in [6, 6.07) is 1.87. The number of aliphatic hydroxyl groups excluding tert-OH is 2. The standard InChI is InChI=1S/C38H49NO4/c1-18(2)29-32(42)27-26-20(23-17-34(3,4)43-36(7,8)28(23)31(26)41)16-21-22-15-19-11-12-24-35(5,6)25(40)13-14-37(24,9)38(19,10)33(22)39(29)30(21)27/h16-17,19,24-25,28-29,31,40-41H,1,11-15H2,2-10H3/t19?,24-,25-,28?,29-,31+,37-,38+/m0/s1. The summed E-state index contributed by atoms with van der Waals surface area (Å²) in [5, 5.41) is 24.4. The average Bonchev–Trinajstić information content (AvgIpc) is 3.55. The molecule has 43 heavy (non-hydrogen) atoms. The van der Waals surface area contributed by atoms with Gasteiger partial charge in [0.2, 0.25) is 0 Å². The fourth-order valence-electron chi connectivity index (χ4n) is 12.1. The Labute approximate surface area is 256 Å². The number of hydrogen-bond acceptors (Lipinski definition) is 4. The molecule has 230 valence electrons. The molecule has 0 amide bonds. The van der Waals surface area contributed by atoms with Crippen LogP contribution in [0.25, 0.3) is 16.5 Å². The number of aromatic nitrogens is 1. The Morgan fingerprint density at radius 1 is 1.05 bits per heavy atom. The molecule has 2 N–H and O–H groups in total. The van der Waals surface area contributed by atoms with E-state index in [0.29, 0.717) is 17.4 Å². The van der Waals surface area contributed by atoms with E-state index in [0.717, 1.165) is 59.9 Å². The second kappa shape index (κ2) is 7.95. The van der Waals surface area contributed by atoms with Crippen molar-refractivity contribution in [2.45, 2.75) is 129 Å². The lowest BCUT2D eigenvalue weighted by Crippen LogP contribution is -2.61. The normalized spacial score (nSPS) is 40.9. The molecule has 2 unspecified atom stereocenters. The molecule has 8 rings (SSSR count). The summed E-state index contributed by atoms with van der Waals surface area (Å²) < 4.78 is 8.90. The molecule has 6 aliphatic rings. The Hall–Kier alpha value is -2.21. The van der Waals surface area contributed by atoms with Crippen LogP contribution in [-0.4, -0.2) is 37.9 Å². The highest BCUT2D eigenvalue weighted by molar-refractivity contribution is 6.18. The van der Waals surface area contributed by atoms with Gasteiger partial charge in [0, 0.05) is 28.0 Å². The van der Waals surface area contributed by atoms with E-state index < -0.39 is 23.3 Å². The predicted octanol–water partition coefficient (Wildman–Crippen LogP) is 7.62. The first-order valence-electron chi connectivity index (χ1n) is 16.6. The highest BCUT2D eigenvalue weighted by Gasteiger charge is 2.67. The molecule has 0 radical (unpaired) electrons. The molecule has 0 bridgehead atoms. The van der Waals surface area contributed by atoms with Crippen molar-refractivity contribution < 1.29 is 19.7 Å². The maximum atomic E-state index is 14.7. The zero-order valence-corrected chi connectivity index (χ0v) is 27.5. The van der Waals surface area contributed by atoms with E-state index in [1.165, 1.54) is 16.6 Å². The van der Waals surface area contributed by atoms with Crippen LogP contribution in [0.15, 0.2) is 24.3 Å². The fraction of sp³-hybridized carbons (Fsp3) is 0.658. The van der Waals surface area contributed by atoms with Crippen molar-refractivity contribution in [2.75, 3.05) is 0 Å². The molecule has 5 heteroatoms. The van der Waals surface area contributed by atoms with E-state index in [9.17, 15) is 15.0 Å². The second-order valence-corrected chi connectivity index (χ2v) is 17.3. The Bertz CT molecular complexity index is 1700. The van der Waals surface area contributed by atoms with Crippen LogP contribution in [0, 0.1) is 28.6 Å². The van der Waals surface area contributed by atoms with E-state index in [1.54, 1.807) is 0 Å². The average molecular weight is 584 g/mol. The van der Waals surface area contributed by atoms with Crippen molar-refractivity contribution in [1.82, 2.24) is 4.57 Å². The number of benzene rings is 1. The Morgan fingerprint density at radius 2 is 1.74 bits per heavy atom. The van der Waals surface area contributed by atoms with Gasteiger partial charge in [-0.2, -0.15) is 0 Å². The second-order valence-electron chi connectivity index (χ2n) is 17.3. The molecular formula is C38H49NO4. The Balaban J connectivity index is 1.44. The van der Waals surface area contributed by atoms with Gasteiger partial charge in [0.15, 0.2) is 5.78 Å². The van der Waals surface area contributed by atoms with Crippen LogP contribution in [0.3, 0.4) is 0 Å². The Kier molecular flexibility index (Phi) is 5.23. The van der Waals surface area contributed by atoms with Gasteiger partial charge < -0.3 is 19.5 Å². The minimum absolute atomic E-state index is 0.00613. The van der Waals surface area contributed by atoms with Gasteiger partial charge in [-0.05, 0) is 118 Å². The van der Waals surface area contributed by atoms with E-state index in [4.69, 9.17) is 4.74 Å². The molecule has 8 atom stereocenters. The summed E-state index contributed by atoms with van der Waals surface area (Å²) >= 11 is 0. The van der Waals surface area contributed by atoms with Crippen LogP contribution >= 0.6 is 0 Å². The zero-order valence-electron chi connectivity index (χ0n) is 27.5. The predicted molar refractivity (Wildman–Crippen MR) is 170 cm³/mol. The first-order valence-corrected chi connectivity index (χ1v) is 16.6. The quantitative estimate of drug-likeness (QED) is 0.339. The lowest BCUT2D eigenvalue weighted by molar-refractivity contribution is -0.156. The lowest BCUT2D eigenvalue weighted by atomic mass is 9.41. The summed E-state index contributed by atoms with van der Waals surface area (Å²) in [5.41, 5.74) is 6.90. The summed E-state index contributed by atoms with van der Waals surface area (Å²) in [5.74, 6) is 0.736. The van der Waals surface area contributed by atoms with Gasteiger partial charge in [-0.1, -0.05) is 39.8 Å². The molecule has 0 spiro atoms. The van der Waals surface area contributed by atoms with Crippen LogP contribution in [-0.2, 0) is 16.6 Å². The minimum Gasteiger partial charge on any atom is -0.393 e. The number of aliphatic hydroxyl groups is 2. The number of fused-ring (bicyclic) bond motifs is 11. The van der Waals surface area contributed by atoms with Crippen LogP contribution < -0.4 is 0 Å². The number of ether oxygens (including phenoxy) is 1. The molecule has 2 saturated carbocycles. The van der Waals surface area contributed by atoms with Crippen LogP contribution in [0.2, 0.25) is 0 Å². The highest BCUT2D eigenvalue weighted by Crippen LogP contribution is 2.71. The molecule has 3 heterocycles. The molecule has 2 aromatic rings. The van der Waals surface area contributed by atoms with Gasteiger partial charge in [0.1, 0.15) is 6.04 Å². The number of Topliss-reactive ketones (excluding diaryl/α,β-unsaturated/α-hetero) is 1. The number of hydrogen-bond donors (Lipinski definition) is 2. The fourth-order valence-corrected chi connectivity index (χ4v) is 12.1. The van der Waals surface area contributed by atoms with Crippen LogP contribution in [0.4, 0.5) is 0 Å². The number of carbonyl (C=O) groups is 1. The first-order chi connectivity index (χ1) is 19.9. The molecule has 0 saturated heterocycles. The SMILES string of the molecule is C=C(C)[C@H]1C(=O)c2c3c(cc4c5c(n1c24)[C@@]1(C)C(CC[C@H]2C(C)(C)[C@@H](O)CC[C@@]21C)C5)C1=CC(C)(C)OC(C)(C)C1[C@@H]3O. The molecule has 1 aromatic heterocycles. The third-order valence-corrected chi connectivity index (χ3v) is 13.9. The van der Waals surface area contributed by atoms with Crippen molar-refractivity contribution in [3.63, 3.8) is 0 Å². The van der Waals surface area contributed by atoms with Gasteiger partial charge >= 0.3 is 0 Å². The van der Waals surface area contributed by atoms with Crippen molar-refractivity contribution in [3.05, 3.63) is 52.2 Å². The van der Waals surface area contributed by atoms with Crippen LogP contribution in [0.5, 0.6) is 0 Å². The van der Waals surface area contributed by atoms with Gasteiger partial charge in [-0.15, -0.1) is 0 Å². The maximum absolute atomic E-state index is 14.7. The zero-order chi connectivity index (χ0) is 31.0. The molecule has 4 aliphatic carbocycles. The first kappa shape index (κ1) is 28.3. The summed E-state index contributed by atoms with van der Waals surface area (Å²) in [7, 11) is 0. The highest BCUT2D eigenvalue weighted by atomic mass is 16.5. The maximum Gasteiger partial charge on any atom is 0.192 e. The summed E-state index contributed by atoms with van der Waals surface area (Å²) in [4.78, 5) is 14.7. The number of nitrogens with zero attached hydrogens (tertiary/aromatic N) is 1. The third kappa shape index (κ3) is 3.04. The number of rotatable bonds is 1. The number of allylic oxidation sites excluding steroid dienone is 1. The Morgan fingerprint density at radius 3 is 2.42 bits per heavy atom. The van der Waals surface area contributed by atoms with Gasteiger partial charge in [0.05, 0.1) is 34.5 Å². The molecule has 2 aliphatic heterocycles. The topological polar surface area (TPSA) is 71.7 Å². The molecular weight excluding hydrogens is 534 g/mol. The monoisotopic (exact) mass is 583 g/mol. The molecule has 1 aromatic carbocycles. The third-order valence-electron chi connectivity index (χ3n) is 13.9. The van der Waals surface area contributed by atoms with Crippen molar-refractivity contribution >= 4 is 22.3 Å². The molecule has 2 fully saturated rings. The smallest absolute Gasteiger partial charge is 0.192 e. The number of ketones is 1. The van der Waals surface area contributed by atoms with Gasteiger partial charge in [-0.25, -0.2) is 0 Å². The van der Waals surface area contributed by atoms with Crippen LogP contribution in [0.1, 0.15) is 133 Å². The van der Waals surface area contributed by atoms with Gasteiger partial charge in [-0.3, -0.25) is 4.79 Å². The van der Waals surface area contributed by atoms with Crippen molar-refractivity contribution in [1.29, 1.82) is 0 Å². The number of carbonyl (C=O) groups excluding carboxylic acids is 1. The van der Waals surface area contributed by atoms with E-state index in [-0.39, 0.29) is 34.1 Å². The van der Waals surface area contributed by atoms with Gasteiger partial charge in [0.25, 0.3) is 0 Å².